The minimum Gasteiger partial charge on any atom is -0.503 e. The summed E-state index contributed by atoms with van der Waals surface area (Å²) in [4.78, 5) is 18.6. The number of hydrogen-bond donors (Lipinski definition) is 0. The SMILES string of the molecule is [Pt+2].[Pt+2].[c-]1c(Oc2[c-]c3c(cc2)c2ccc(Oc4[c-]c(-c5ccccn5)ccc4)[c-]c2n3-c2ncc(-n3ncc4ccccc43)cn2)cccc1-c1ccccn1. The number of pyridine rings is 2. The molecule has 0 spiro atoms. The number of nitrogens with zero attached hydrogens (tertiary/aromatic N) is 7. The Morgan fingerprint density at radius 2 is 1.00 bits per heavy atom. The standard InChI is InChI=1S/C45H25N7O2.2Pt/c1-2-16-42-32(9-1)27-50-52(42)33-28-48-45(49-29-33)51-43-25-36(53-34-12-7-10-30(23-34)40-14-3-5-21-46-40)17-19-38(43)39-20-18-37(26-44(39)51)54-35-13-8-11-31(24-35)41-15-4-6-22-47-41;;/h1-22,27-29H;;/q-4;2*+2. The van der Waals surface area contributed by atoms with Crippen LogP contribution in [0.15, 0.2) is 152 Å². The maximum atomic E-state index is 6.35. The molecule has 0 aliphatic heterocycles. The van der Waals surface area contributed by atoms with Crippen molar-refractivity contribution in [3.63, 3.8) is 0 Å². The Morgan fingerprint density at radius 1 is 0.464 bits per heavy atom. The Balaban J connectivity index is 0.00000220. The van der Waals surface area contributed by atoms with Gasteiger partial charge in [0, 0.05) is 40.8 Å². The van der Waals surface area contributed by atoms with Crippen LogP contribution < -0.4 is 9.47 Å². The van der Waals surface area contributed by atoms with Gasteiger partial charge in [-0.25, -0.2) is 14.6 Å². The zero-order valence-electron chi connectivity index (χ0n) is 29.0. The molecule has 0 saturated heterocycles. The van der Waals surface area contributed by atoms with E-state index >= 15 is 0 Å². The van der Waals surface area contributed by atoms with E-state index in [9.17, 15) is 0 Å². The van der Waals surface area contributed by atoms with Crippen LogP contribution in [0.4, 0.5) is 0 Å². The average molecular weight is 1090 g/mol. The molecular weight excluding hydrogens is 1060 g/mol. The predicted octanol–water partition coefficient (Wildman–Crippen LogP) is 9.82. The third kappa shape index (κ3) is 7.03. The van der Waals surface area contributed by atoms with Crippen molar-refractivity contribution in [1.82, 2.24) is 34.3 Å². The van der Waals surface area contributed by atoms with E-state index in [4.69, 9.17) is 19.4 Å². The smallest absolute Gasteiger partial charge is 0.503 e. The third-order valence-corrected chi connectivity index (χ3v) is 8.94. The van der Waals surface area contributed by atoms with Crippen LogP contribution in [0, 0.1) is 24.3 Å². The maximum absolute atomic E-state index is 6.35. The van der Waals surface area contributed by atoms with Gasteiger partial charge >= 0.3 is 42.1 Å². The van der Waals surface area contributed by atoms with Crippen molar-refractivity contribution in [2.24, 2.45) is 0 Å². The van der Waals surface area contributed by atoms with Gasteiger partial charge in [0.1, 0.15) is 5.69 Å². The van der Waals surface area contributed by atoms with E-state index in [1.165, 1.54) is 0 Å². The van der Waals surface area contributed by atoms with Crippen molar-refractivity contribution >= 4 is 32.7 Å². The molecule has 0 fully saturated rings. The molecule has 0 atom stereocenters. The van der Waals surface area contributed by atoms with E-state index in [-0.39, 0.29) is 42.1 Å². The van der Waals surface area contributed by atoms with E-state index < -0.39 is 0 Å². The number of benzene rings is 5. The quantitative estimate of drug-likeness (QED) is 0.140. The average Bonchev–Trinajstić information content (AvgIpc) is 3.81. The zero-order chi connectivity index (χ0) is 35.8. The molecular formula is C45H25N7O2Pt2. The molecule has 10 aromatic rings. The summed E-state index contributed by atoms with van der Waals surface area (Å²) in [7, 11) is 0. The van der Waals surface area contributed by atoms with Gasteiger partial charge in [-0.3, -0.25) is 0 Å². The Morgan fingerprint density at radius 3 is 1.55 bits per heavy atom. The van der Waals surface area contributed by atoms with Gasteiger partial charge in [0.15, 0.2) is 0 Å². The number of ether oxygens (including phenoxy) is 2. The van der Waals surface area contributed by atoms with Crippen molar-refractivity contribution in [2.45, 2.75) is 0 Å². The van der Waals surface area contributed by atoms with Crippen molar-refractivity contribution in [3.05, 3.63) is 177 Å². The van der Waals surface area contributed by atoms with Crippen LogP contribution in [0.25, 0.3) is 66.9 Å². The molecule has 56 heavy (non-hydrogen) atoms. The van der Waals surface area contributed by atoms with Crippen LogP contribution in [0.1, 0.15) is 0 Å². The van der Waals surface area contributed by atoms with Crippen molar-refractivity contribution < 1.29 is 51.6 Å². The van der Waals surface area contributed by atoms with Gasteiger partial charge in [0.2, 0.25) is 5.95 Å². The van der Waals surface area contributed by atoms with Crippen LogP contribution in [-0.4, -0.2) is 34.3 Å². The van der Waals surface area contributed by atoms with Crippen LogP contribution in [0.3, 0.4) is 0 Å². The summed E-state index contributed by atoms with van der Waals surface area (Å²) in [6, 6.07) is 52.5. The molecule has 0 bridgehead atoms. The number of fused-ring (bicyclic) bond motifs is 4. The van der Waals surface area contributed by atoms with E-state index in [0.29, 0.717) is 40.0 Å². The molecule has 0 amide bonds. The summed E-state index contributed by atoms with van der Waals surface area (Å²) in [5.74, 6) is 2.49. The van der Waals surface area contributed by atoms with E-state index in [2.05, 4.69) is 39.3 Å². The first-order valence-corrected chi connectivity index (χ1v) is 17.2. The Hall–Kier alpha value is -6.27. The van der Waals surface area contributed by atoms with Crippen LogP contribution in [0.5, 0.6) is 23.0 Å². The molecule has 10 rings (SSSR count). The van der Waals surface area contributed by atoms with Gasteiger partial charge < -0.3 is 24.0 Å². The van der Waals surface area contributed by atoms with Gasteiger partial charge in [0.25, 0.3) is 0 Å². The number of hydrogen-bond acceptors (Lipinski definition) is 7. The second-order valence-electron chi connectivity index (χ2n) is 12.4. The molecule has 0 N–H and O–H groups in total. The molecule has 5 aromatic heterocycles. The second kappa shape index (κ2) is 15.8. The summed E-state index contributed by atoms with van der Waals surface area (Å²) >= 11 is 0. The molecule has 0 aliphatic carbocycles. The molecule has 5 aromatic carbocycles. The molecule has 5 heterocycles. The second-order valence-corrected chi connectivity index (χ2v) is 12.4. The fourth-order valence-corrected chi connectivity index (χ4v) is 6.46. The van der Waals surface area contributed by atoms with E-state index in [1.54, 1.807) is 24.8 Å². The maximum Gasteiger partial charge on any atom is 2.00 e. The first-order valence-electron chi connectivity index (χ1n) is 17.2. The van der Waals surface area contributed by atoms with Crippen molar-refractivity contribution in [2.75, 3.05) is 0 Å². The summed E-state index contributed by atoms with van der Waals surface area (Å²) < 4.78 is 16.4. The Kier molecular flexibility index (Phi) is 10.4. The van der Waals surface area contributed by atoms with Crippen molar-refractivity contribution in [3.8, 4) is 57.1 Å². The van der Waals surface area contributed by atoms with Gasteiger partial charge in [-0.15, -0.1) is 71.8 Å². The molecule has 0 radical (unpaired) electrons. The molecule has 11 heteroatoms. The first kappa shape index (κ1) is 36.7. The summed E-state index contributed by atoms with van der Waals surface area (Å²) in [5.41, 5.74) is 6.37. The Bertz CT molecular complexity index is 2810. The Labute approximate surface area is 350 Å². The number of para-hydroxylation sites is 1. The summed E-state index contributed by atoms with van der Waals surface area (Å²) in [6.07, 6.45) is 8.87. The largest absolute Gasteiger partial charge is 2.00 e. The van der Waals surface area contributed by atoms with Gasteiger partial charge in [-0.05, 0) is 29.6 Å². The third-order valence-electron chi connectivity index (χ3n) is 8.94. The molecule has 272 valence electrons. The van der Waals surface area contributed by atoms with E-state index in [1.807, 2.05) is 137 Å². The fourth-order valence-electron chi connectivity index (χ4n) is 6.46. The fraction of sp³-hybridized carbons (Fsp3) is 0. The first-order chi connectivity index (χ1) is 26.7. The predicted molar refractivity (Wildman–Crippen MR) is 206 cm³/mol. The molecule has 0 aliphatic rings. The van der Waals surface area contributed by atoms with Gasteiger partial charge in [-0.1, -0.05) is 65.6 Å². The van der Waals surface area contributed by atoms with Gasteiger partial charge in [0.05, 0.1) is 24.1 Å². The summed E-state index contributed by atoms with van der Waals surface area (Å²) in [5, 5.41) is 7.44. The number of aromatic nitrogens is 7. The van der Waals surface area contributed by atoms with Gasteiger partial charge in [-0.2, -0.15) is 28.0 Å². The molecule has 9 nitrogen and oxygen atoms in total. The number of rotatable bonds is 8. The van der Waals surface area contributed by atoms with Crippen LogP contribution in [0.2, 0.25) is 0 Å². The zero-order valence-corrected chi connectivity index (χ0v) is 33.6. The molecule has 0 unspecified atom stereocenters. The minimum absolute atomic E-state index is 0. The topological polar surface area (TPSA) is 92.8 Å². The normalized spacial score (nSPS) is 10.9. The molecule has 0 saturated carbocycles. The minimum atomic E-state index is 0. The summed E-state index contributed by atoms with van der Waals surface area (Å²) in [6.45, 7) is 0. The van der Waals surface area contributed by atoms with Crippen LogP contribution in [-0.2, 0) is 42.1 Å². The van der Waals surface area contributed by atoms with E-state index in [0.717, 1.165) is 49.9 Å². The van der Waals surface area contributed by atoms with Crippen LogP contribution >= 0.6 is 0 Å². The monoisotopic (exact) mass is 1090 g/mol. The van der Waals surface area contributed by atoms with Crippen molar-refractivity contribution in [1.29, 1.82) is 0 Å².